The number of aliphatic imine (C=N–C) groups is 1. The van der Waals surface area contributed by atoms with Gasteiger partial charge in [-0.3, -0.25) is 14.8 Å². The highest BCUT2D eigenvalue weighted by Gasteiger charge is 2.27. The highest BCUT2D eigenvalue weighted by atomic mass is 32.1. The molecule has 146 valence electrons. The van der Waals surface area contributed by atoms with E-state index in [1.165, 1.54) is 43.6 Å². The maximum absolute atomic E-state index is 4.94. The number of likely N-dealkylation sites (tertiary alicyclic amines) is 1. The van der Waals surface area contributed by atoms with Crippen LogP contribution >= 0.6 is 11.3 Å². The number of guanidine groups is 1. The molecule has 1 atom stereocenters. The molecule has 1 saturated heterocycles. The smallest absolute Gasteiger partial charge is 0.191 e. The van der Waals surface area contributed by atoms with Crippen molar-refractivity contribution in [3.8, 4) is 0 Å². The molecule has 1 aromatic rings. The molecule has 0 aromatic carbocycles. The Balaban J connectivity index is 1.55. The van der Waals surface area contributed by atoms with E-state index in [2.05, 4.69) is 51.8 Å². The molecule has 0 spiro atoms. The van der Waals surface area contributed by atoms with Crippen molar-refractivity contribution in [1.82, 2.24) is 20.4 Å². The van der Waals surface area contributed by atoms with E-state index >= 15 is 0 Å². The fraction of sp³-hybridized carbons (Fsp3) is 0.750. The fourth-order valence-electron chi connectivity index (χ4n) is 3.80. The van der Waals surface area contributed by atoms with E-state index in [0.29, 0.717) is 6.04 Å². The van der Waals surface area contributed by atoms with E-state index in [1.807, 2.05) is 11.3 Å². The van der Waals surface area contributed by atoms with E-state index in [1.54, 1.807) is 0 Å². The average Bonchev–Trinajstić information content (AvgIpc) is 3.12. The third kappa shape index (κ3) is 5.69. The quantitative estimate of drug-likeness (QED) is 0.486. The summed E-state index contributed by atoms with van der Waals surface area (Å²) in [5.41, 5.74) is 0. The second-order valence-electron chi connectivity index (χ2n) is 7.28. The Morgan fingerprint density at radius 3 is 2.73 bits per heavy atom. The van der Waals surface area contributed by atoms with Gasteiger partial charge in [-0.15, -0.1) is 11.3 Å². The molecular formula is C20H35N5S. The van der Waals surface area contributed by atoms with Crippen molar-refractivity contribution in [2.75, 3.05) is 45.8 Å². The molecule has 1 aromatic heterocycles. The molecule has 0 bridgehead atoms. The molecular weight excluding hydrogens is 342 g/mol. The number of hydrogen-bond donors (Lipinski definition) is 2. The van der Waals surface area contributed by atoms with Crippen LogP contribution in [-0.2, 0) is 0 Å². The zero-order valence-electron chi connectivity index (χ0n) is 16.4. The van der Waals surface area contributed by atoms with Crippen molar-refractivity contribution in [2.24, 2.45) is 4.99 Å². The molecule has 3 rings (SSSR count). The molecule has 1 aliphatic heterocycles. The first-order valence-corrected chi connectivity index (χ1v) is 11.2. The van der Waals surface area contributed by atoms with E-state index in [4.69, 9.17) is 4.99 Å². The Hall–Kier alpha value is -1.11. The summed E-state index contributed by atoms with van der Waals surface area (Å²) in [5, 5.41) is 9.14. The van der Waals surface area contributed by atoms with Gasteiger partial charge >= 0.3 is 0 Å². The van der Waals surface area contributed by atoms with Gasteiger partial charge in [0.05, 0.1) is 12.6 Å². The maximum Gasteiger partial charge on any atom is 0.191 e. The average molecular weight is 378 g/mol. The maximum atomic E-state index is 4.94. The molecule has 26 heavy (non-hydrogen) atoms. The van der Waals surface area contributed by atoms with Crippen LogP contribution in [0.5, 0.6) is 0 Å². The summed E-state index contributed by atoms with van der Waals surface area (Å²) in [6.07, 6.45) is 5.39. The summed E-state index contributed by atoms with van der Waals surface area (Å²) in [5.74, 6) is 0.958. The van der Waals surface area contributed by atoms with Gasteiger partial charge in [0.2, 0.25) is 0 Å². The SMILES string of the molecule is CCNC(=NCC(c1cccs1)N1CCCC1)NCCN(CC)C1CC1. The van der Waals surface area contributed by atoms with Crippen LogP contribution < -0.4 is 10.6 Å². The predicted molar refractivity (Wildman–Crippen MR) is 112 cm³/mol. The summed E-state index contributed by atoms with van der Waals surface area (Å²) in [6, 6.07) is 5.68. The van der Waals surface area contributed by atoms with Crippen LogP contribution in [0.25, 0.3) is 0 Å². The highest BCUT2D eigenvalue weighted by Crippen LogP contribution is 2.28. The Morgan fingerprint density at radius 2 is 2.12 bits per heavy atom. The Labute approximate surface area is 162 Å². The number of nitrogens with zero attached hydrogens (tertiary/aromatic N) is 3. The van der Waals surface area contributed by atoms with Gasteiger partial charge < -0.3 is 10.6 Å². The zero-order valence-corrected chi connectivity index (χ0v) is 17.2. The van der Waals surface area contributed by atoms with Crippen molar-refractivity contribution < 1.29 is 0 Å². The largest absolute Gasteiger partial charge is 0.357 e. The minimum atomic E-state index is 0.423. The van der Waals surface area contributed by atoms with Crippen molar-refractivity contribution in [3.63, 3.8) is 0 Å². The fourth-order valence-corrected chi connectivity index (χ4v) is 4.65. The molecule has 1 aliphatic carbocycles. The van der Waals surface area contributed by atoms with Crippen LogP contribution in [0.1, 0.15) is 50.4 Å². The molecule has 2 N–H and O–H groups in total. The number of likely N-dealkylation sites (N-methyl/N-ethyl adjacent to an activating group) is 1. The van der Waals surface area contributed by atoms with E-state index in [9.17, 15) is 0 Å². The number of rotatable bonds is 10. The monoisotopic (exact) mass is 377 g/mol. The molecule has 5 nitrogen and oxygen atoms in total. The molecule has 2 aliphatic rings. The molecule has 2 heterocycles. The van der Waals surface area contributed by atoms with Gasteiger partial charge in [0, 0.05) is 30.6 Å². The van der Waals surface area contributed by atoms with E-state index in [-0.39, 0.29) is 0 Å². The van der Waals surface area contributed by atoms with Crippen molar-refractivity contribution in [3.05, 3.63) is 22.4 Å². The van der Waals surface area contributed by atoms with Crippen molar-refractivity contribution >= 4 is 17.3 Å². The van der Waals surface area contributed by atoms with Crippen LogP contribution in [0.15, 0.2) is 22.5 Å². The first kappa shape index (κ1) is 19.6. The number of nitrogens with one attached hydrogen (secondary N) is 2. The van der Waals surface area contributed by atoms with Crippen LogP contribution in [0, 0.1) is 0 Å². The lowest BCUT2D eigenvalue weighted by Gasteiger charge is -2.26. The Kier molecular flexibility index (Phi) is 7.77. The minimum Gasteiger partial charge on any atom is -0.357 e. The lowest BCUT2D eigenvalue weighted by Crippen LogP contribution is -2.42. The first-order valence-electron chi connectivity index (χ1n) is 10.4. The van der Waals surface area contributed by atoms with Gasteiger partial charge in [-0.1, -0.05) is 13.0 Å². The topological polar surface area (TPSA) is 42.9 Å². The van der Waals surface area contributed by atoms with Crippen LogP contribution in [-0.4, -0.2) is 67.6 Å². The lowest BCUT2D eigenvalue weighted by atomic mass is 10.2. The molecule has 0 radical (unpaired) electrons. The van der Waals surface area contributed by atoms with Crippen molar-refractivity contribution in [1.29, 1.82) is 0 Å². The molecule has 6 heteroatoms. The third-order valence-electron chi connectivity index (χ3n) is 5.38. The van der Waals surface area contributed by atoms with E-state index in [0.717, 1.165) is 44.7 Å². The van der Waals surface area contributed by atoms with Gasteiger partial charge in [0.15, 0.2) is 5.96 Å². The molecule has 0 amide bonds. The number of thiophene rings is 1. The van der Waals surface area contributed by atoms with Crippen LogP contribution in [0.2, 0.25) is 0 Å². The summed E-state index contributed by atoms with van der Waals surface area (Å²) in [6.45, 7) is 11.8. The van der Waals surface area contributed by atoms with Gasteiger partial charge in [-0.25, -0.2) is 0 Å². The third-order valence-corrected chi connectivity index (χ3v) is 6.35. The lowest BCUT2D eigenvalue weighted by molar-refractivity contribution is 0.255. The second-order valence-corrected chi connectivity index (χ2v) is 8.26. The standard InChI is InChI=1S/C20H35N5S/c1-3-21-20(22-11-14-24(4-2)17-9-10-17)23-16-18(19-8-7-15-26-19)25-12-5-6-13-25/h7-8,15,17-18H,3-6,9-14,16H2,1-2H3,(H2,21,22,23). The first-order chi connectivity index (χ1) is 12.8. The van der Waals surface area contributed by atoms with Gasteiger partial charge in [0.1, 0.15) is 0 Å². The van der Waals surface area contributed by atoms with Gasteiger partial charge in [-0.05, 0) is 63.7 Å². The number of hydrogen-bond acceptors (Lipinski definition) is 4. The summed E-state index contributed by atoms with van der Waals surface area (Å²) < 4.78 is 0. The van der Waals surface area contributed by atoms with E-state index < -0.39 is 0 Å². The highest BCUT2D eigenvalue weighted by molar-refractivity contribution is 7.10. The summed E-state index contributed by atoms with van der Waals surface area (Å²) >= 11 is 1.86. The molecule has 1 unspecified atom stereocenters. The van der Waals surface area contributed by atoms with Crippen LogP contribution in [0.4, 0.5) is 0 Å². The van der Waals surface area contributed by atoms with Crippen LogP contribution in [0.3, 0.4) is 0 Å². The summed E-state index contributed by atoms with van der Waals surface area (Å²) in [7, 11) is 0. The second kappa shape index (κ2) is 10.3. The molecule has 2 fully saturated rings. The Bertz CT molecular complexity index is 534. The summed E-state index contributed by atoms with van der Waals surface area (Å²) in [4.78, 5) is 11.6. The normalized spacial score (nSPS) is 19.9. The minimum absolute atomic E-state index is 0.423. The van der Waals surface area contributed by atoms with Crippen molar-refractivity contribution in [2.45, 2.75) is 51.6 Å². The zero-order chi connectivity index (χ0) is 18.2. The Morgan fingerprint density at radius 1 is 1.31 bits per heavy atom. The predicted octanol–water partition coefficient (Wildman–Crippen LogP) is 2.92. The van der Waals surface area contributed by atoms with Gasteiger partial charge in [0.25, 0.3) is 0 Å². The molecule has 1 saturated carbocycles. The van der Waals surface area contributed by atoms with Gasteiger partial charge in [-0.2, -0.15) is 0 Å².